The van der Waals surface area contributed by atoms with E-state index in [4.69, 9.17) is 5.11 Å². The molecule has 0 aromatic heterocycles. The van der Waals surface area contributed by atoms with Crippen LogP contribution in [0.3, 0.4) is 0 Å². The minimum absolute atomic E-state index is 0.193. The summed E-state index contributed by atoms with van der Waals surface area (Å²) < 4.78 is 21.4. The molecule has 1 N–H and O–H groups in total. The van der Waals surface area contributed by atoms with Gasteiger partial charge in [-0.15, -0.1) is 0 Å². The summed E-state index contributed by atoms with van der Waals surface area (Å²) in [6.45, 7) is 2.15. The maximum absolute atomic E-state index is 10.7. The SMILES string of the molecule is CC(CO)CCCCS(C)(=O)=O. The molecule has 0 rings (SSSR count). The van der Waals surface area contributed by atoms with Gasteiger partial charge in [0, 0.05) is 18.6 Å². The highest BCUT2D eigenvalue weighted by molar-refractivity contribution is 7.90. The molecule has 0 fully saturated rings. The summed E-state index contributed by atoms with van der Waals surface area (Å²) in [5.74, 6) is 0.565. The van der Waals surface area contributed by atoms with Crippen molar-refractivity contribution in [3.63, 3.8) is 0 Å². The summed E-state index contributed by atoms with van der Waals surface area (Å²) in [7, 11) is -2.79. The first kappa shape index (κ1) is 11.9. The van der Waals surface area contributed by atoms with Crippen molar-refractivity contribution in [3.8, 4) is 0 Å². The lowest BCUT2D eigenvalue weighted by atomic mass is 10.1. The van der Waals surface area contributed by atoms with Crippen molar-refractivity contribution in [1.82, 2.24) is 0 Å². The van der Waals surface area contributed by atoms with Gasteiger partial charge in [0.05, 0.1) is 0 Å². The molecule has 0 saturated carbocycles. The number of unbranched alkanes of at least 4 members (excludes halogenated alkanes) is 1. The molecular formula is C8H18O3S. The van der Waals surface area contributed by atoms with E-state index in [1.165, 1.54) is 6.26 Å². The fourth-order valence-electron chi connectivity index (χ4n) is 0.948. The van der Waals surface area contributed by atoms with Crippen LogP contribution in [-0.4, -0.2) is 32.1 Å². The zero-order valence-corrected chi connectivity index (χ0v) is 8.60. The van der Waals surface area contributed by atoms with Crippen molar-refractivity contribution in [2.45, 2.75) is 26.2 Å². The molecule has 0 bridgehead atoms. The van der Waals surface area contributed by atoms with Crippen LogP contribution in [0.25, 0.3) is 0 Å². The molecule has 0 aromatic rings. The van der Waals surface area contributed by atoms with Gasteiger partial charge in [-0.3, -0.25) is 0 Å². The van der Waals surface area contributed by atoms with Gasteiger partial charge < -0.3 is 5.11 Å². The number of aliphatic hydroxyl groups excluding tert-OH is 1. The molecule has 3 nitrogen and oxygen atoms in total. The van der Waals surface area contributed by atoms with Crippen LogP contribution in [-0.2, 0) is 9.84 Å². The van der Waals surface area contributed by atoms with E-state index in [2.05, 4.69) is 0 Å². The van der Waals surface area contributed by atoms with Crippen LogP contribution in [0.5, 0.6) is 0 Å². The van der Waals surface area contributed by atoms with Gasteiger partial charge in [-0.1, -0.05) is 13.3 Å². The lowest BCUT2D eigenvalue weighted by molar-refractivity contribution is 0.228. The third-order valence-corrected chi connectivity index (χ3v) is 2.80. The normalized spacial score (nSPS) is 14.6. The van der Waals surface area contributed by atoms with Crippen LogP contribution in [0.1, 0.15) is 26.2 Å². The first-order valence-corrected chi connectivity index (χ1v) is 6.30. The molecule has 0 aromatic carbocycles. The molecule has 4 heteroatoms. The third-order valence-electron chi connectivity index (χ3n) is 1.77. The fraction of sp³-hybridized carbons (Fsp3) is 1.00. The maximum Gasteiger partial charge on any atom is 0.147 e. The van der Waals surface area contributed by atoms with Crippen LogP contribution in [0.15, 0.2) is 0 Å². The summed E-state index contributed by atoms with van der Waals surface area (Å²) in [5, 5.41) is 8.68. The molecule has 74 valence electrons. The van der Waals surface area contributed by atoms with Crippen molar-refractivity contribution in [1.29, 1.82) is 0 Å². The van der Waals surface area contributed by atoms with Gasteiger partial charge in [-0.25, -0.2) is 8.42 Å². The second kappa shape index (κ2) is 5.54. The summed E-state index contributed by atoms with van der Waals surface area (Å²) in [5.41, 5.74) is 0. The van der Waals surface area contributed by atoms with Gasteiger partial charge in [-0.05, 0) is 18.8 Å². The quantitative estimate of drug-likeness (QED) is 0.637. The van der Waals surface area contributed by atoms with Gasteiger partial charge in [0.2, 0.25) is 0 Å². The Morgan fingerprint density at radius 2 is 1.92 bits per heavy atom. The Morgan fingerprint density at radius 3 is 2.33 bits per heavy atom. The molecule has 0 saturated heterocycles. The van der Waals surface area contributed by atoms with E-state index in [9.17, 15) is 8.42 Å². The molecule has 0 aliphatic rings. The number of hydrogen-bond acceptors (Lipinski definition) is 3. The van der Waals surface area contributed by atoms with E-state index >= 15 is 0 Å². The number of aliphatic hydroxyl groups is 1. The Labute approximate surface area is 74.7 Å². The van der Waals surface area contributed by atoms with Crippen molar-refractivity contribution < 1.29 is 13.5 Å². The molecule has 0 aliphatic heterocycles. The number of hydrogen-bond donors (Lipinski definition) is 1. The topological polar surface area (TPSA) is 54.4 Å². The Morgan fingerprint density at radius 1 is 1.33 bits per heavy atom. The van der Waals surface area contributed by atoms with Crippen molar-refractivity contribution >= 4 is 9.84 Å². The Kier molecular flexibility index (Phi) is 5.50. The Balaban J connectivity index is 3.34. The molecule has 0 amide bonds. The van der Waals surface area contributed by atoms with E-state index in [0.717, 1.165) is 12.8 Å². The van der Waals surface area contributed by atoms with E-state index < -0.39 is 9.84 Å². The molecule has 12 heavy (non-hydrogen) atoms. The second-order valence-corrected chi connectivity index (χ2v) is 5.67. The van der Waals surface area contributed by atoms with Crippen LogP contribution < -0.4 is 0 Å². The van der Waals surface area contributed by atoms with Crippen LogP contribution >= 0.6 is 0 Å². The largest absolute Gasteiger partial charge is 0.396 e. The highest BCUT2D eigenvalue weighted by Crippen LogP contribution is 2.07. The fourth-order valence-corrected chi connectivity index (χ4v) is 1.68. The Hall–Kier alpha value is -0.0900. The summed E-state index contributed by atoms with van der Waals surface area (Å²) >= 11 is 0. The maximum atomic E-state index is 10.7. The molecule has 1 unspecified atom stereocenters. The van der Waals surface area contributed by atoms with Crippen molar-refractivity contribution in [3.05, 3.63) is 0 Å². The first-order chi connectivity index (χ1) is 5.45. The van der Waals surface area contributed by atoms with Gasteiger partial charge in [0.25, 0.3) is 0 Å². The number of rotatable bonds is 6. The summed E-state index contributed by atoms with van der Waals surface area (Å²) in [4.78, 5) is 0. The van der Waals surface area contributed by atoms with E-state index in [1.54, 1.807) is 0 Å². The number of sulfone groups is 1. The van der Waals surface area contributed by atoms with Gasteiger partial charge in [0.1, 0.15) is 9.84 Å². The minimum Gasteiger partial charge on any atom is -0.396 e. The molecule has 0 heterocycles. The highest BCUT2D eigenvalue weighted by atomic mass is 32.2. The first-order valence-electron chi connectivity index (χ1n) is 4.24. The lowest BCUT2D eigenvalue weighted by Crippen LogP contribution is -2.05. The van der Waals surface area contributed by atoms with Crippen molar-refractivity contribution in [2.24, 2.45) is 5.92 Å². The average molecular weight is 194 g/mol. The predicted molar refractivity (Wildman–Crippen MR) is 49.8 cm³/mol. The highest BCUT2D eigenvalue weighted by Gasteiger charge is 2.03. The summed E-state index contributed by atoms with van der Waals surface area (Å²) in [6, 6.07) is 0. The predicted octanol–water partition coefficient (Wildman–Crippen LogP) is 0.830. The van der Waals surface area contributed by atoms with Gasteiger partial charge in [-0.2, -0.15) is 0 Å². The van der Waals surface area contributed by atoms with Gasteiger partial charge >= 0.3 is 0 Å². The van der Waals surface area contributed by atoms with Gasteiger partial charge in [0.15, 0.2) is 0 Å². The second-order valence-electron chi connectivity index (χ2n) is 3.41. The van der Waals surface area contributed by atoms with Crippen LogP contribution in [0.4, 0.5) is 0 Å². The standard InChI is InChI=1S/C8H18O3S/c1-8(7-9)5-3-4-6-12(2,10)11/h8-9H,3-7H2,1-2H3. The average Bonchev–Trinajstić information content (AvgIpc) is 1.96. The zero-order valence-electron chi connectivity index (χ0n) is 7.78. The third kappa shape index (κ3) is 8.01. The zero-order chi connectivity index (χ0) is 9.61. The van der Waals surface area contributed by atoms with Crippen molar-refractivity contribution in [2.75, 3.05) is 18.6 Å². The monoisotopic (exact) mass is 194 g/mol. The molecule has 0 aliphatic carbocycles. The molecular weight excluding hydrogens is 176 g/mol. The van der Waals surface area contributed by atoms with E-state index in [-0.39, 0.29) is 12.4 Å². The molecule has 0 radical (unpaired) electrons. The minimum atomic E-state index is -2.79. The van der Waals surface area contributed by atoms with Crippen LogP contribution in [0, 0.1) is 5.92 Å². The smallest absolute Gasteiger partial charge is 0.147 e. The lowest BCUT2D eigenvalue weighted by Gasteiger charge is -2.05. The molecule has 0 spiro atoms. The van der Waals surface area contributed by atoms with E-state index in [1.807, 2.05) is 6.92 Å². The molecule has 1 atom stereocenters. The van der Waals surface area contributed by atoms with E-state index in [0.29, 0.717) is 12.3 Å². The Bertz CT molecular complexity index is 196. The summed E-state index contributed by atoms with van der Waals surface area (Å²) in [6.07, 6.45) is 3.76. The van der Waals surface area contributed by atoms with Crippen LogP contribution in [0.2, 0.25) is 0 Å².